The largest absolute Gasteiger partial charge is 0.366 e. The fraction of sp³-hybridized carbons (Fsp3) is 0.333. The van der Waals surface area contributed by atoms with Crippen LogP contribution in [0.1, 0.15) is 29.7 Å². The number of aryl methyl sites for hydroxylation is 1. The predicted octanol–water partition coefficient (Wildman–Crippen LogP) is 3.25. The van der Waals surface area contributed by atoms with Crippen molar-refractivity contribution in [1.82, 2.24) is 9.97 Å². The van der Waals surface area contributed by atoms with Crippen molar-refractivity contribution in [3.8, 4) is 0 Å². The van der Waals surface area contributed by atoms with Crippen LogP contribution in [-0.4, -0.2) is 9.97 Å². The van der Waals surface area contributed by atoms with E-state index in [2.05, 4.69) is 15.3 Å². The van der Waals surface area contributed by atoms with Gasteiger partial charge in [-0.2, -0.15) is 0 Å². The molecule has 1 aliphatic rings. The van der Waals surface area contributed by atoms with Crippen LogP contribution in [0.25, 0.3) is 0 Å². The van der Waals surface area contributed by atoms with E-state index in [1.165, 1.54) is 18.5 Å². The molecule has 20 heavy (non-hydrogen) atoms. The first-order chi connectivity index (χ1) is 9.74. The molecule has 2 aromatic rings. The van der Waals surface area contributed by atoms with E-state index in [1.54, 1.807) is 0 Å². The van der Waals surface area contributed by atoms with E-state index in [-0.39, 0.29) is 6.54 Å². The third-order valence-electron chi connectivity index (χ3n) is 3.59. The lowest BCUT2D eigenvalue weighted by Gasteiger charge is -2.18. The molecular formula is C15H15F2N3. The molecule has 1 heterocycles. The first-order valence-electron chi connectivity index (χ1n) is 6.74. The Bertz CT molecular complexity index is 629. The highest BCUT2D eigenvalue weighted by Crippen LogP contribution is 2.24. The summed E-state index contributed by atoms with van der Waals surface area (Å²) in [6, 6.07) is 3.60. The summed E-state index contributed by atoms with van der Waals surface area (Å²) in [4.78, 5) is 8.52. The van der Waals surface area contributed by atoms with Crippen molar-refractivity contribution in [2.45, 2.75) is 32.2 Å². The zero-order chi connectivity index (χ0) is 13.9. The minimum absolute atomic E-state index is 0.287. The summed E-state index contributed by atoms with van der Waals surface area (Å²) < 4.78 is 26.4. The van der Waals surface area contributed by atoms with Gasteiger partial charge >= 0.3 is 0 Å². The van der Waals surface area contributed by atoms with Gasteiger partial charge in [0.25, 0.3) is 0 Å². The summed E-state index contributed by atoms with van der Waals surface area (Å²) in [5.74, 6) is -0.343. The molecule has 1 aromatic heterocycles. The van der Waals surface area contributed by atoms with Crippen molar-refractivity contribution in [1.29, 1.82) is 0 Å². The average Bonchev–Trinajstić information content (AvgIpc) is 2.46. The van der Waals surface area contributed by atoms with Gasteiger partial charge in [-0.1, -0.05) is 6.07 Å². The van der Waals surface area contributed by atoms with Crippen molar-refractivity contribution in [2.75, 3.05) is 5.32 Å². The number of benzene rings is 1. The third-order valence-corrected chi connectivity index (χ3v) is 3.59. The minimum Gasteiger partial charge on any atom is -0.366 e. The summed E-state index contributed by atoms with van der Waals surface area (Å²) in [7, 11) is 0. The van der Waals surface area contributed by atoms with E-state index >= 15 is 0 Å². The molecule has 0 fully saturated rings. The van der Waals surface area contributed by atoms with Crippen LogP contribution in [0.15, 0.2) is 24.5 Å². The summed E-state index contributed by atoms with van der Waals surface area (Å²) in [6.45, 7) is 0.287. The second-order valence-electron chi connectivity index (χ2n) is 4.94. The quantitative estimate of drug-likeness (QED) is 0.934. The van der Waals surface area contributed by atoms with Crippen molar-refractivity contribution in [3.05, 3.63) is 53.0 Å². The van der Waals surface area contributed by atoms with Gasteiger partial charge in [0.15, 0.2) is 0 Å². The molecule has 0 radical (unpaired) electrons. The summed E-state index contributed by atoms with van der Waals surface area (Å²) in [5, 5.41) is 3.14. The molecule has 0 saturated heterocycles. The van der Waals surface area contributed by atoms with Crippen molar-refractivity contribution >= 4 is 5.82 Å². The van der Waals surface area contributed by atoms with Gasteiger partial charge in [0, 0.05) is 29.4 Å². The molecule has 0 spiro atoms. The molecule has 0 saturated carbocycles. The Morgan fingerprint density at radius 3 is 2.80 bits per heavy atom. The maximum Gasteiger partial charge on any atom is 0.133 e. The van der Waals surface area contributed by atoms with Gasteiger partial charge in [0.2, 0.25) is 0 Å². The summed E-state index contributed by atoms with van der Waals surface area (Å²) in [5.41, 5.74) is 2.63. The molecule has 3 rings (SSSR count). The maximum absolute atomic E-state index is 13.6. The molecule has 0 atom stereocenters. The van der Waals surface area contributed by atoms with E-state index in [9.17, 15) is 8.78 Å². The van der Waals surface area contributed by atoms with E-state index in [0.29, 0.717) is 5.56 Å². The average molecular weight is 275 g/mol. The normalized spacial score (nSPS) is 13.9. The van der Waals surface area contributed by atoms with Crippen LogP contribution in [0, 0.1) is 11.6 Å². The summed E-state index contributed by atoms with van der Waals surface area (Å²) in [6.07, 6.45) is 5.73. The van der Waals surface area contributed by atoms with Gasteiger partial charge in [0.05, 0.1) is 0 Å². The molecule has 1 aromatic carbocycles. The number of aromatic nitrogens is 2. The molecule has 0 aliphatic heterocycles. The number of halogens is 2. The van der Waals surface area contributed by atoms with E-state index in [4.69, 9.17) is 0 Å². The van der Waals surface area contributed by atoms with Crippen molar-refractivity contribution in [3.63, 3.8) is 0 Å². The Morgan fingerprint density at radius 1 is 1.10 bits per heavy atom. The van der Waals surface area contributed by atoms with Gasteiger partial charge in [-0.15, -0.1) is 0 Å². The fourth-order valence-corrected chi connectivity index (χ4v) is 2.52. The van der Waals surface area contributed by atoms with Crippen molar-refractivity contribution < 1.29 is 8.78 Å². The second-order valence-corrected chi connectivity index (χ2v) is 4.94. The molecule has 5 heteroatoms. The van der Waals surface area contributed by atoms with Gasteiger partial charge in [-0.3, -0.25) is 0 Å². The van der Waals surface area contributed by atoms with Crippen LogP contribution >= 0.6 is 0 Å². The lowest BCUT2D eigenvalue weighted by Crippen LogP contribution is -2.12. The topological polar surface area (TPSA) is 37.8 Å². The van der Waals surface area contributed by atoms with Crippen LogP contribution in [0.2, 0.25) is 0 Å². The van der Waals surface area contributed by atoms with Crippen LogP contribution in [0.4, 0.5) is 14.6 Å². The predicted molar refractivity (Wildman–Crippen MR) is 72.4 cm³/mol. The number of nitrogens with one attached hydrogen (secondary N) is 1. The van der Waals surface area contributed by atoms with Crippen molar-refractivity contribution in [2.24, 2.45) is 0 Å². The molecule has 1 N–H and O–H groups in total. The zero-order valence-corrected chi connectivity index (χ0v) is 11.0. The second kappa shape index (κ2) is 5.53. The number of rotatable bonds is 3. The van der Waals surface area contributed by atoms with Gasteiger partial charge in [-0.25, -0.2) is 18.7 Å². The van der Waals surface area contributed by atoms with E-state index in [0.717, 1.165) is 48.8 Å². The van der Waals surface area contributed by atoms with Crippen LogP contribution < -0.4 is 5.32 Å². The molecule has 1 aliphatic carbocycles. The lowest BCUT2D eigenvalue weighted by atomic mass is 9.96. The van der Waals surface area contributed by atoms with Gasteiger partial charge in [-0.05, 0) is 31.7 Å². The molecule has 0 bridgehead atoms. The smallest absolute Gasteiger partial charge is 0.133 e. The highest BCUT2D eigenvalue weighted by molar-refractivity contribution is 5.47. The number of nitrogens with zero attached hydrogens (tertiary/aromatic N) is 2. The molecule has 3 nitrogen and oxygen atoms in total. The van der Waals surface area contributed by atoms with Gasteiger partial charge in [0.1, 0.15) is 23.8 Å². The van der Waals surface area contributed by atoms with Gasteiger partial charge < -0.3 is 5.32 Å². The Morgan fingerprint density at radius 2 is 1.95 bits per heavy atom. The lowest BCUT2D eigenvalue weighted by molar-refractivity contribution is 0.574. The number of anilines is 1. The highest BCUT2D eigenvalue weighted by Gasteiger charge is 2.15. The first-order valence-corrected chi connectivity index (χ1v) is 6.74. The monoisotopic (exact) mass is 275 g/mol. The molecule has 0 unspecified atom stereocenters. The molecule has 0 amide bonds. The Balaban J connectivity index is 1.78. The van der Waals surface area contributed by atoms with E-state index in [1.807, 2.05) is 0 Å². The molecule has 104 valence electrons. The SMILES string of the molecule is Fc1ccc(CNc2ncnc3c2CCCC3)c(F)c1. The Kier molecular flexibility index (Phi) is 3.58. The van der Waals surface area contributed by atoms with Crippen LogP contribution in [0.3, 0.4) is 0 Å². The maximum atomic E-state index is 13.6. The number of hydrogen-bond donors (Lipinski definition) is 1. The molecular weight excluding hydrogens is 260 g/mol. The number of hydrogen-bond acceptors (Lipinski definition) is 3. The minimum atomic E-state index is -0.564. The first kappa shape index (κ1) is 13.0. The highest BCUT2D eigenvalue weighted by atomic mass is 19.1. The third kappa shape index (κ3) is 2.61. The Labute approximate surface area is 116 Å². The van der Waals surface area contributed by atoms with Crippen LogP contribution in [-0.2, 0) is 19.4 Å². The summed E-state index contributed by atoms with van der Waals surface area (Å²) >= 11 is 0. The van der Waals surface area contributed by atoms with E-state index < -0.39 is 11.6 Å². The van der Waals surface area contributed by atoms with Crippen LogP contribution in [0.5, 0.6) is 0 Å². The zero-order valence-electron chi connectivity index (χ0n) is 11.0. The Hall–Kier alpha value is -2.04. The number of fused-ring (bicyclic) bond motifs is 1. The standard InChI is InChI=1S/C15H15F2N3/c16-11-6-5-10(13(17)7-11)8-18-15-12-3-1-2-4-14(12)19-9-20-15/h5-7,9H,1-4,8H2,(H,18,19,20). The fourth-order valence-electron chi connectivity index (χ4n) is 2.52.